The van der Waals surface area contributed by atoms with E-state index in [1.165, 1.54) is 13.0 Å². The Morgan fingerprint density at radius 3 is 2.39 bits per heavy atom. The van der Waals surface area contributed by atoms with Crippen molar-refractivity contribution in [2.24, 2.45) is 0 Å². The number of rotatable bonds is 5. The van der Waals surface area contributed by atoms with Gasteiger partial charge in [-0.2, -0.15) is 13.2 Å². The summed E-state index contributed by atoms with van der Waals surface area (Å²) in [5, 5.41) is 4.46. The summed E-state index contributed by atoms with van der Waals surface area (Å²) in [5.74, 6) is -3.59. The van der Waals surface area contributed by atoms with Gasteiger partial charge in [0.15, 0.2) is 0 Å². The van der Waals surface area contributed by atoms with Crippen LogP contribution in [0.1, 0.15) is 20.8 Å². The maximum Gasteiger partial charge on any atom is 0.416 e. The van der Waals surface area contributed by atoms with Crippen molar-refractivity contribution < 1.29 is 31.5 Å². The summed E-state index contributed by atoms with van der Waals surface area (Å²) in [5.41, 5.74) is -2.19. The van der Waals surface area contributed by atoms with Gasteiger partial charge in [0.05, 0.1) is 22.2 Å². The Morgan fingerprint density at radius 1 is 1.06 bits per heavy atom. The molecule has 0 bridgehead atoms. The van der Waals surface area contributed by atoms with E-state index in [1.54, 1.807) is 0 Å². The predicted octanol–water partition coefficient (Wildman–Crippen LogP) is 4.95. The van der Waals surface area contributed by atoms with E-state index in [-0.39, 0.29) is 26.3 Å². The number of nitrogens with one attached hydrogen (secondary N) is 2. The van der Waals surface area contributed by atoms with Gasteiger partial charge < -0.3 is 10.6 Å². The average molecular weight is 522 g/mol. The Morgan fingerprint density at radius 2 is 1.72 bits per heavy atom. The summed E-state index contributed by atoms with van der Waals surface area (Å²) in [6.07, 6.45) is -3.53. The number of thiophene rings is 1. The second-order valence-corrected chi connectivity index (χ2v) is 8.59. The SMILES string of the molecule is Cc1c(C(=O)Nc2c(F)cccc2F)sc2ncn(CC(=O)Nc3cccc(C(F)(F)F)c3)c(=O)c12. The molecular formula is C23H15F5N4O3S. The van der Waals surface area contributed by atoms with Crippen LogP contribution in [-0.4, -0.2) is 21.4 Å². The standard InChI is InChI=1S/C23H15F5N4O3S/c1-11-17-21(36-19(11)20(34)31-18-14(24)6-3-7-15(18)25)29-10-32(22(17)35)9-16(33)30-13-5-2-4-12(8-13)23(26,27)28/h2-8,10H,9H2,1H3,(H,30,33)(H,31,34). The number of alkyl halides is 3. The first kappa shape index (κ1) is 25.0. The van der Waals surface area contributed by atoms with Gasteiger partial charge in [-0.1, -0.05) is 12.1 Å². The minimum atomic E-state index is -4.59. The molecule has 4 rings (SSSR count). The molecule has 36 heavy (non-hydrogen) atoms. The highest BCUT2D eigenvalue weighted by molar-refractivity contribution is 7.20. The molecule has 2 amide bonds. The van der Waals surface area contributed by atoms with Crippen molar-refractivity contribution in [1.82, 2.24) is 9.55 Å². The van der Waals surface area contributed by atoms with Crippen LogP contribution in [0.4, 0.5) is 33.3 Å². The number of benzene rings is 2. The molecule has 2 aromatic heterocycles. The average Bonchev–Trinajstić information content (AvgIpc) is 3.15. The van der Waals surface area contributed by atoms with Gasteiger partial charge in [0, 0.05) is 5.69 Å². The molecule has 0 atom stereocenters. The van der Waals surface area contributed by atoms with E-state index < -0.39 is 53.0 Å². The third kappa shape index (κ3) is 4.96. The third-order valence-corrected chi connectivity index (χ3v) is 6.31. The van der Waals surface area contributed by atoms with Crippen LogP contribution in [0.2, 0.25) is 0 Å². The maximum absolute atomic E-state index is 13.9. The normalized spacial score (nSPS) is 11.5. The number of amides is 2. The van der Waals surface area contributed by atoms with Crippen LogP contribution in [0.15, 0.2) is 53.6 Å². The van der Waals surface area contributed by atoms with E-state index in [0.717, 1.165) is 58.6 Å². The van der Waals surface area contributed by atoms with Gasteiger partial charge in [-0.05, 0) is 42.8 Å². The van der Waals surface area contributed by atoms with Crippen molar-refractivity contribution >= 4 is 44.7 Å². The number of aromatic nitrogens is 2. The van der Waals surface area contributed by atoms with Crippen LogP contribution in [0, 0.1) is 18.6 Å². The topological polar surface area (TPSA) is 93.1 Å². The number of hydrogen-bond acceptors (Lipinski definition) is 5. The Hall–Kier alpha value is -4.13. The van der Waals surface area contributed by atoms with E-state index >= 15 is 0 Å². The zero-order valence-corrected chi connectivity index (χ0v) is 19.1. The quantitative estimate of drug-likeness (QED) is 0.363. The van der Waals surface area contributed by atoms with Crippen LogP contribution in [0.25, 0.3) is 10.2 Å². The summed E-state index contributed by atoms with van der Waals surface area (Å²) in [6, 6.07) is 7.10. The molecule has 0 spiro atoms. The predicted molar refractivity (Wildman–Crippen MR) is 123 cm³/mol. The van der Waals surface area contributed by atoms with Gasteiger partial charge in [-0.3, -0.25) is 19.0 Å². The molecule has 0 aliphatic heterocycles. The molecule has 186 valence electrons. The fourth-order valence-electron chi connectivity index (χ4n) is 3.40. The van der Waals surface area contributed by atoms with Gasteiger partial charge in [-0.15, -0.1) is 11.3 Å². The number of halogens is 5. The Kier molecular flexibility index (Phi) is 6.59. The highest BCUT2D eigenvalue weighted by Crippen LogP contribution is 2.31. The first-order valence-corrected chi connectivity index (χ1v) is 11.0. The summed E-state index contributed by atoms with van der Waals surface area (Å²) in [4.78, 5) is 42.3. The minimum absolute atomic E-state index is 0.0107. The molecule has 0 saturated heterocycles. The highest BCUT2D eigenvalue weighted by Gasteiger charge is 2.30. The summed E-state index contributed by atoms with van der Waals surface area (Å²) in [6.45, 7) is 0.886. The monoisotopic (exact) mass is 522 g/mol. The van der Waals surface area contributed by atoms with E-state index in [4.69, 9.17) is 0 Å². The largest absolute Gasteiger partial charge is 0.416 e. The van der Waals surface area contributed by atoms with Crippen molar-refractivity contribution in [3.8, 4) is 0 Å². The van der Waals surface area contributed by atoms with Crippen LogP contribution in [0.5, 0.6) is 0 Å². The molecule has 2 aromatic carbocycles. The minimum Gasteiger partial charge on any atom is -0.325 e. The molecule has 2 heterocycles. The second kappa shape index (κ2) is 9.49. The number of carbonyl (C=O) groups excluding carboxylic acids is 2. The van der Waals surface area contributed by atoms with E-state index in [2.05, 4.69) is 15.6 Å². The fraction of sp³-hybridized carbons (Fsp3) is 0.130. The lowest BCUT2D eigenvalue weighted by atomic mass is 10.2. The first-order valence-electron chi connectivity index (χ1n) is 10.2. The number of nitrogens with zero attached hydrogens (tertiary/aromatic N) is 2. The molecule has 0 radical (unpaired) electrons. The van der Waals surface area contributed by atoms with Gasteiger partial charge >= 0.3 is 6.18 Å². The zero-order valence-electron chi connectivity index (χ0n) is 18.2. The number of fused-ring (bicyclic) bond motifs is 1. The molecule has 0 aliphatic rings. The molecule has 0 saturated carbocycles. The Labute approximate surface area is 203 Å². The number of para-hydroxylation sites is 1. The summed E-state index contributed by atoms with van der Waals surface area (Å²) in [7, 11) is 0. The lowest BCUT2D eigenvalue weighted by Crippen LogP contribution is -2.28. The van der Waals surface area contributed by atoms with Gasteiger partial charge in [0.2, 0.25) is 5.91 Å². The fourth-order valence-corrected chi connectivity index (χ4v) is 4.44. The molecule has 2 N–H and O–H groups in total. The molecule has 13 heteroatoms. The smallest absolute Gasteiger partial charge is 0.325 e. The van der Waals surface area contributed by atoms with Crippen molar-refractivity contribution in [3.05, 3.63) is 86.8 Å². The molecule has 0 unspecified atom stereocenters. The van der Waals surface area contributed by atoms with Crippen LogP contribution < -0.4 is 16.2 Å². The van der Waals surface area contributed by atoms with E-state index in [0.29, 0.717) is 0 Å². The van der Waals surface area contributed by atoms with Crippen LogP contribution in [-0.2, 0) is 17.5 Å². The van der Waals surface area contributed by atoms with E-state index in [1.807, 2.05) is 0 Å². The van der Waals surface area contributed by atoms with Crippen LogP contribution >= 0.6 is 11.3 Å². The Balaban J connectivity index is 1.58. The summed E-state index contributed by atoms with van der Waals surface area (Å²) < 4.78 is 67.4. The second-order valence-electron chi connectivity index (χ2n) is 7.59. The number of carbonyl (C=O) groups is 2. The van der Waals surface area contributed by atoms with Crippen molar-refractivity contribution in [2.45, 2.75) is 19.6 Å². The number of hydrogen-bond donors (Lipinski definition) is 2. The lowest BCUT2D eigenvalue weighted by molar-refractivity contribution is -0.137. The number of anilines is 2. The molecule has 0 fully saturated rings. The maximum atomic E-state index is 13.9. The lowest BCUT2D eigenvalue weighted by Gasteiger charge is -2.10. The molecule has 0 aliphatic carbocycles. The van der Waals surface area contributed by atoms with Crippen LogP contribution in [0.3, 0.4) is 0 Å². The first-order chi connectivity index (χ1) is 17.0. The summed E-state index contributed by atoms with van der Waals surface area (Å²) >= 11 is 0.823. The number of aryl methyl sites for hydroxylation is 1. The third-order valence-electron chi connectivity index (χ3n) is 5.11. The zero-order chi connectivity index (χ0) is 26.2. The molecule has 4 aromatic rings. The highest BCUT2D eigenvalue weighted by atomic mass is 32.1. The van der Waals surface area contributed by atoms with Gasteiger partial charge in [0.25, 0.3) is 11.5 Å². The molecule has 7 nitrogen and oxygen atoms in total. The van der Waals surface area contributed by atoms with Gasteiger partial charge in [0.1, 0.15) is 28.7 Å². The van der Waals surface area contributed by atoms with Crippen molar-refractivity contribution in [1.29, 1.82) is 0 Å². The van der Waals surface area contributed by atoms with Crippen molar-refractivity contribution in [3.63, 3.8) is 0 Å². The van der Waals surface area contributed by atoms with Gasteiger partial charge in [-0.25, -0.2) is 13.8 Å². The molecular weight excluding hydrogens is 507 g/mol. The Bertz CT molecular complexity index is 1540. The van der Waals surface area contributed by atoms with Crippen molar-refractivity contribution in [2.75, 3.05) is 10.6 Å². The van der Waals surface area contributed by atoms with E-state index in [9.17, 15) is 36.3 Å².